The first-order chi connectivity index (χ1) is 11.3. The van der Waals surface area contributed by atoms with Crippen LogP contribution in [0.25, 0.3) is 0 Å². The number of piperazine rings is 1. The Balaban J connectivity index is 1.41. The molecule has 6 nitrogen and oxygen atoms in total. The maximum Gasteiger partial charge on any atom is 0.226 e. The van der Waals surface area contributed by atoms with Crippen LogP contribution in [0.3, 0.4) is 0 Å². The molecule has 3 heterocycles. The Morgan fingerprint density at radius 3 is 2.70 bits per heavy atom. The van der Waals surface area contributed by atoms with Gasteiger partial charge in [-0.15, -0.1) is 10.2 Å². The summed E-state index contributed by atoms with van der Waals surface area (Å²) in [5.41, 5.74) is 4.35. The van der Waals surface area contributed by atoms with Crippen molar-refractivity contribution in [1.29, 1.82) is 0 Å². The smallest absolute Gasteiger partial charge is 0.226 e. The van der Waals surface area contributed by atoms with E-state index in [0.29, 0.717) is 0 Å². The summed E-state index contributed by atoms with van der Waals surface area (Å²) in [6, 6.07) is 2.21. The van der Waals surface area contributed by atoms with Crippen molar-refractivity contribution >= 4 is 5.95 Å². The highest BCUT2D eigenvalue weighted by molar-refractivity contribution is 5.33. The summed E-state index contributed by atoms with van der Waals surface area (Å²) in [7, 11) is 2.00. The second-order valence-electron chi connectivity index (χ2n) is 6.61. The zero-order valence-electron chi connectivity index (χ0n) is 13.8. The fraction of sp³-hybridized carbons (Fsp3) is 0.588. The van der Waals surface area contributed by atoms with Crippen LogP contribution in [-0.2, 0) is 26.4 Å². The maximum absolute atomic E-state index is 4.69. The molecule has 0 amide bonds. The lowest BCUT2D eigenvalue weighted by Gasteiger charge is -2.35. The molecule has 2 aromatic heterocycles. The molecule has 2 aromatic rings. The lowest BCUT2D eigenvalue weighted by molar-refractivity contribution is 0.244. The third-order valence-corrected chi connectivity index (χ3v) is 5.08. The summed E-state index contributed by atoms with van der Waals surface area (Å²) < 4.78 is 1.99. The molecule has 0 atom stereocenters. The monoisotopic (exact) mass is 312 g/mol. The third kappa shape index (κ3) is 2.95. The van der Waals surface area contributed by atoms with E-state index in [-0.39, 0.29) is 0 Å². The minimum absolute atomic E-state index is 0.972. The van der Waals surface area contributed by atoms with Gasteiger partial charge >= 0.3 is 0 Å². The average Bonchev–Trinajstić information content (AvgIpc) is 3.02. The largest absolute Gasteiger partial charge is 0.338 e. The Morgan fingerprint density at radius 2 is 1.91 bits per heavy atom. The van der Waals surface area contributed by atoms with Gasteiger partial charge in [0.05, 0.1) is 5.69 Å². The van der Waals surface area contributed by atoms with Gasteiger partial charge in [-0.3, -0.25) is 9.88 Å². The number of hydrogen-bond acceptors (Lipinski definition) is 5. The second kappa shape index (κ2) is 6.28. The molecule has 0 bridgehead atoms. The van der Waals surface area contributed by atoms with Gasteiger partial charge in [0.25, 0.3) is 0 Å². The van der Waals surface area contributed by atoms with Gasteiger partial charge < -0.3 is 9.47 Å². The fourth-order valence-corrected chi connectivity index (χ4v) is 3.75. The molecular weight excluding hydrogens is 288 g/mol. The van der Waals surface area contributed by atoms with Crippen LogP contribution >= 0.6 is 0 Å². The van der Waals surface area contributed by atoms with Crippen molar-refractivity contribution in [2.24, 2.45) is 7.05 Å². The van der Waals surface area contributed by atoms with Gasteiger partial charge in [-0.2, -0.15) is 0 Å². The minimum Gasteiger partial charge on any atom is -0.338 e. The van der Waals surface area contributed by atoms with Crippen LogP contribution in [0.4, 0.5) is 5.95 Å². The van der Waals surface area contributed by atoms with Gasteiger partial charge in [-0.05, 0) is 42.9 Å². The number of aryl methyl sites for hydroxylation is 2. The quantitative estimate of drug-likeness (QED) is 0.858. The lowest BCUT2D eigenvalue weighted by atomic mass is 9.91. The summed E-state index contributed by atoms with van der Waals surface area (Å²) in [6.07, 6.45) is 8.83. The van der Waals surface area contributed by atoms with E-state index in [2.05, 4.69) is 31.0 Å². The lowest BCUT2D eigenvalue weighted by Crippen LogP contribution is -2.47. The molecule has 0 unspecified atom stereocenters. The number of anilines is 1. The molecule has 0 radical (unpaired) electrons. The first-order valence-corrected chi connectivity index (χ1v) is 8.58. The summed E-state index contributed by atoms with van der Waals surface area (Å²) in [5.74, 6) is 0.972. The average molecular weight is 312 g/mol. The van der Waals surface area contributed by atoms with Crippen molar-refractivity contribution < 1.29 is 0 Å². The number of fused-ring (bicyclic) bond motifs is 1. The predicted molar refractivity (Wildman–Crippen MR) is 89.4 cm³/mol. The molecule has 2 aliphatic rings. The standard InChI is InChI=1S/C17H24N6/c1-21-13-19-20-17(21)23-10-8-22(9-11-23)12-16-15-5-3-2-4-14(15)6-7-18-16/h6-7,13H,2-5,8-12H2,1H3. The Labute approximate surface area is 137 Å². The van der Waals surface area contributed by atoms with Crippen LogP contribution in [0, 0.1) is 0 Å². The van der Waals surface area contributed by atoms with Crippen LogP contribution in [-0.4, -0.2) is 50.8 Å². The minimum atomic E-state index is 0.972. The van der Waals surface area contributed by atoms with Gasteiger partial charge in [0.2, 0.25) is 5.95 Å². The molecule has 1 aliphatic heterocycles. The highest BCUT2D eigenvalue weighted by atomic mass is 15.4. The molecule has 1 aliphatic carbocycles. The Kier molecular flexibility index (Phi) is 3.99. The topological polar surface area (TPSA) is 50.1 Å². The normalized spacial score (nSPS) is 18.9. The summed E-state index contributed by atoms with van der Waals surface area (Å²) in [5, 5.41) is 8.19. The van der Waals surface area contributed by atoms with E-state index < -0.39 is 0 Å². The SMILES string of the molecule is Cn1cnnc1N1CCN(Cc2nccc3c2CCCC3)CC1. The van der Waals surface area contributed by atoms with E-state index in [1.807, 2.05) is 17.8 Å². The molecular formula is C17H24N6. The predicted octanol–water partition coefficient (Wildman–Crippen LogP) is 1.41. The third-order valence-electron chi connectivity index (χ3n) is 5.08. The molecule has 6 heteroatoms. The van der Waals surface area contributed by atoms with Crippen LogP contribution in [0.15, 0.2) is 18.6 Å². The summed E-state index contributed by atoms with van der Waals surface area (Å²) >= 11 is 0. The van der Waals surface area contributed by atoms with E-state index in [1.165, 1.54) is 42.5 Å². The van der Waals surface area contributed by atoms with Crippen molar-refractivity contribution in [2.45, 2.75) is 32.2 Å². The molecule has 122 valence electrons. The Hall–Kier alpha value is -1.95. The molecule has 0 spiro atoms. The van der Waals surface area contributed by atoms with E-state index in [9.17, 15) is 0 Å². The molecule has 0 saturated carbocycles. The second-order valence-corrected chi connectivity index (χ2v) is 6.61. The number of nitrogens with zero attached hydrogens (tertiary/aromatic N) is 6. The first kappa shape index (κ1) is 14.6. The zero-order valence-corrected chi connectivity index (χ0v) is 13.8. The number of hydrogen-bond donors (Lipinski definition) is 0. The van der Waals surface area contributed by atoms with Crippen LogP contribution in [0.1, 0.15) is 29.7 Å². The highest BCUT2D eigenvalue weighted by Gasteiger charge is 2.22. The van der Waals surface area contributed by atoms with Crippen LogP contribution < -0.4 is 4.90 Å². The summed E-state index contributed by atoms with van der Waals surface area (Å²) in [4.78, 5) is 9.52. The van der Waals surface area contributed by atoms with E-state index in [1.54, 1.807) is 6.33 Å². The zero-order chi connectivity index (χ0) is 15.6. The summed E-state index contributed by atoms with van der Waals surface area (Å²) in [6.45, 7) is 5.09. The first-order valence-electron chi connectivity index (χ1n) is 8.58. The van der Waals surface area contributed by atoms with E-state index in [0.717, 1.165) is 38.7 Å². The van der Waals surface area contributed by atoms with Crippen molar-refractivity contribution in [3.63, 3.8) is 0 Å². The Bertz CT molecular complexity index is 671. The van der Waals surface area contributed by atoms with Crippen LogP contribution in [0.5, 0.6) is 0 Å². The maximum atomic E-state index is 4.69. The molecule has 1 fully saturated rings. The molecule has 23 heavy (non-hydrogen) atoms. The number of rotatable bonds is 3. The van der Waals surface area contributed by atoms with Crippen molar-refractivity contribution in [2.75, 3.05) is 31.1 Å². The fourth-order valence-electron chi connectivity index (χ4n) is 3.75. The Morgan fingerprint density at radius 1 is 1.09 bits per heavy atom. The van der Waals surface area contributed by atoms with E-state index in [4.69, 9.17) is 0 Å². The molecule has 0 aromatic carbocycles. The highest BCUT2D eigenvalue weighted by Crippen LogP contribution is 2.24. The van der Waals surface area contributed by atoms with Crippen molar-refractivity contribution in [3.8, 4) is 0 Å². The van der Waals surface area contributed by atoms with E-state index >= 15 is 0 Å². The molecule has 0 N–H and O–H groups in total. The molecule has 4 rings (SSSR count). The van der Waals surface area contributed by atoms with Gasteiger partial charge in [0, 0.05) is 46.0 Å². The van der Waals surface area contributed by atoms with Gasteiger partial charge in [-0.1, -0.05) is 0 Å². The van der Waals surface area contributed by atoms with Crippen LogP contribution in [0.2, 0.25) is 0 Å². The van der Waals surface area contributed by atoms with Gasteiger partial charge in [0.15, 0.2) is 0 Å². The van der Waals surface area contributed by atoms with Gasteiger partial charge in [-0.25, -0.2) is 0 Å². The van der Waals surface area contributed by atoms with Crippen molar-refractivity contribution in [3.05, 3.63) is 35.4 Å². The number of aromatic nitrogens is 4. The van der Waals surface area contributed by atoms with Crippen molar-refractivity contribution in [1.82, 2.24) is 24.6 Å². The number of pyridine rings is 1. The molecule has 1 saturated heterocycles. The van der Waals surface area contributed by atoms with Gasteiger partial charge in [0.1, 0.15) is 6.33 Å².